The Hall–Kier alpha value is -2.96. The van der Waals surface area contributed by atoms with Crippen LogP contribution in [0.5, 0.6) is 5.88 Å². The van der Waals surface area contributed by atoms with Gasteiger partial charge in [0.15, 0.2) is 4.96 Å². The lowest BCUT2D eigenvalue weighted by Crippen LogP contribution is -2.54. The second-order valence-corrected chi connectivity index (χ2v) is 13.1. The van der Waals surface area contributed by atoms with E-state index in [4.69, 9.17) is 13.7 Å². The van der Waals surface area contributed by atoms with Gasteiger partial charge in [-0.1, -0.05) is 17.7 Å². The van der Waals surface area contributed by atoms with E-state index in [0.717, 1.165) is 16.5 Å². The molecule has 5 rings (SSSR count). The second-order valence-electron chi connectivity index (χ2n) is 10.5. The maximum absolute atomic E-state index is 12.8. The van der Waals surface area contributed by atoms with Crippen molar-refractivity contribution in [2.75, 3.05) is 13.1 Å². The van der Waals surface area contributed by atoms with Crippen LogP contribution in [0, 0.1) is 6.92 Å². The number of ether oxygens (including phenoxy) is 2. The molecule has 198 valence electrons. The van der Waals surface area contributed by atoms with Crippen LogP contribution in [0.1, 0.15) is 50.0 Å². The van der Waals surface area contributed by atoms with Gasteiger partial charge in [0.1, 0.15) is 10.5 Å². The summed E-state index contributed by atoms with van der Waals surface area (Å²) in [5.74, 6) is -0.146. The first kappa shape index (κ1) is 25.7. The molecule has 3 aromatic rings. The second kappa shape index (κ2) is 9.41. The van der Waals surface area contributed by atoms with Crippen LogP contribution in [-0.2, 0) is 19.6 Å². The summed E-state index contributed by atoms with van der Waals surface area (Å²) in [6, 6.07) is 7.32. The van der Waals surface area contributed by atoms with E-state index in [0.29, 0.717) is 30.9 Å². The number of likely N-dealkylation sites (tertiary alicyclic amines) is 1. The van der Waals surface area contributed by atoms with Gasteiger partial charge in [-0.25, -0.2) is 4.79 Å². The van der Waals surface area contributed by atoms with Gasteiger partial charge in [0.2, 0.25) is 5.88 Å². The van der Waals surface area contributed by atoms with Gasteiger partial charge in [-0.2, -0.15) is 13.4 Å². The Morgan fingerprint density at radius 3 is 2.41 bits per heavy atom. The fourth-order valence-electron chi connectivity index (χ4n) is 4.62. The van der Waals surface area contributed by atoms with E-state index >= 15 is 0 Å². The number of morpholine rings is 1. The molecule has 1 aromatic carbocycles. The first-order chi connectivity index (χ1) is 17.4. The molecule has 2 aliphatic heterocycles. The Bertz CT molecular complexity index is 1480. The van der Waals surface area contributed by atoms with Crippen LogP contribution in [0.2, 0.25) is 0 Å². The molecule has 1 amide bonds. The highest BCUT2D eigenvalue weighted by molar-refractivity contribution is 7.87. The molecular weight excluding hydrogens is 518 g/mol. The highest BCUT2D eigenvalue weighted by atomic mass is 32.2. The van der Waals surface area contributed by atoms with E-state index in [-0.39, 0.29) is 35.0 Å². The Labute approximate surface area is 218 Å². The largest absolute Gasteiger partial charge is 0.444 e. The van der Waals surface area contributed by atoms with Crippen molar-refractivity contribution >= 4 is 32.5 Å². The minimum atomic E-state index is -4.13. The molecule has 0 saturated carbocycles. The summed E-state index contributed by atoms with van der Waals surface area (Å²) in [5, 5.41) is 0. The lowest BCUT2D eigenvalue weighted by molar-refractivity contribution is -0.118. The molecule has 12 heteroatoms. The van der Waals surface area contributed by atoms with Crippen LogP contribution in [0.3, 0.4) is 0 Å². The third-order valence-electron chi connectivity index (χ3n) is 6.25. The summed E-state index contributed by atoms with van der Waals surface area (Å²) in [6.45, 7) is 8.26. The maximum Gasteiger partial charge on any atom is 0.410 e. The molecule has 0 radical (unpaired) electrons. The van der Waals surface area contributed by atoms with E-state index in [1.54, 1.807) is 23.2 Å². The number of benzene rings is 1. The van der Waals surface area contributed by atoms with Crippen LogP contribution in [-0.4, -0.2) is 59.7 Å². The average Bonchev–Trinajstić information content (AvgIpc) is 3.22. The van der Waals surface area contributed by atoms with E-state index in [1.165, 1.54) is 27.9 Å². The molecule has 2 aliphatic rings. The van der Waals surface area contributed by atoms with Crippen LogP contribution >= 0.6 is 11.3 Å². The Kier molecular flexibility index (Phi) is 6.53. The number of amides is 1. The number of fused-ring (bicyclic) bond motifs is 3. The normalized spacial score (nSPS) is 22.2. The van der Waals surface area contributed by atoms with Crippen molar-refractivity contribution in [3.8, 4) is 5.88 Å². The van der Waals surface area contributed by atoms with Crippen LogP contribution in [0.15, 0.2) is 46.2 Å². The summed E-state index contributed by atoms with van der Waals surface area (Å²) >= 11 is 1.33. The number of aryl methyl sites for hydroxylation is 1. The van der Waals surface area contributed by atoms with Gasteiger partial charge in [0, 0.05) is 11.1 Å². The first-order valence-electron chi connectivity index (χ1n) is 12.0. The lowest BCUT2D eigenvalue weighted by atomic mass is 9.88. The van der Waals surface area contributed by atoms with Gasteiger partial charge in [-0.15, -0.1) is 11.3 Å². The zero-order valence-electron chi connectivity index (χ0n) is 21.0. The zero-order valence-corrected chi connectivity index (χ0v) is 22.7. The third-order valence-corrected chi connectivity index (χ3v) is 8.63. The van der Waals surface area contributed by atoms with E-state index in [1.807, 2.05) is 27.7 Å². The predicted molar refractivity (Wildman–Crippen MR) is 137 cm³/mol. The van der Waals surface area contributed by atoms with E-state index < -0.39 is 21.3 Å². The molecular formula is C25H29N3O7S2. The highest BCUT2D eigenvalue weighted by Gasteiger charge is 2.40. The van der Waals surface area contributed by atoms with Crippen LogP contribution < -0.4 is 9.74 Å². The molecule has 2 saturated heterocycles. The summed E-state index contributed by atoms with van der Waals surface area (Å²) in [4.78, 5) is 32.6. The van der Waals surface area contributed by atoms with Crippen LogP contribution in [0.25, 0.3) is 4.96 Å². The number of carbonyl (C=O) groups is 1. The van der Waals surface area contributed by atoms with Gasteiger partial charge in [0.05, 0.1) is 31.4 Å². The maximum atomic E-state index is 12.8. The van der Waals surface area contributed by atoms with Gasteiger partial charge in [-0.05, 0) is 58.6 Å². The Balaban J connectivity index is 1.33. The molecule has 2 atom stereocenters. The molecule has 0 spiro atoms. The minimum Gasteiger partial charge on any atom is -0.444 e. The molecule has 0 N–H and O–H groups in total. The number of carbonyl (C=O) groups excluding carboxylic acids is 1. The SMILES string of the molecule is Cc1ccc(S(=O)(=O)Oc2cc(=O)n3cc(C4CC5CN(C(=O)OC(C)(C)C)CC(C4)O5)sc3n2)cc1. The minimum absolute atomic E-state index is 0.0128. The molecule has 2 aromatic heterocycles. The number of aromatic nitrogens is 2. The molecule has 37 heavy (non-hydrogen) atoms. The van der Waals surface area contributed by atoms with Crippen molar-refractivity contribution in [2.45, 2.75) is 69.2 Å². The number of hydrogen-bond acceptors (Lipinski definition) is 9. The van der Waals surface area contributed by atoms with Crippen molar-refractivity contribution < 1.29 is 26.9 Å². The molecule has 2 fully saturated rings. The van der Waals surface area contributed by atoms with E-state index in [2.05, 4.69) is 4.98 Å². The summed E-state index contributed by atoms with van der Waals surface area (Å²) < 4.78 is 43.5. The summed E-state index contributed by atoms with van der Waals surface area (Å²) in [7, 11) is -4.13. The van der Waals surface area contributed by atoms with Gasteiger partial charge >= 0.3 is 16.2 Å². The zero-order chi connectivity index (χ0) is 26.5. The summed E-state index contributed by atoms with van der Waals surface area (Å²) in [6.07, 6.45) is 2.50. The van der Waals surface area contributed by atoms with Crippen molar-refractivity contribution in [3.05, 3.63) is 57.3 Å². The smallest absolute Gasteiger partial charge is 0.410 e. The fourth-order valence-corrected chi connectivity index (χ4v) is 6.60. The van der Waals surface area contributed by atoms with Crippen molar-refractivity contribution in [2.24, 2.45) is 0 Å². The monoisotopic (exact) mass is 547 g/mol. The highest BCUT2D eigenvalue weighted by Crippen LogP contribution is 2.39. The van der Waals surface area contributed by atoms with E-state index in [9.17, 15) is 18.0 Å². The molecule has 0 aliphatic carbocycles. The fraction of sp³-hybridized carbons (Fsp3) is 0.480. The van der Waals surface area contributed by atoms with Crippen molar-refractivity contribution in [3.63, 3.8) is 0 Å². The Morgan fingerprint density at radius 2 is 1.78 bits per heavy atom. The van der Waals surface area contributed by atoms with Crippen LogP contribution in [0.4, 0.5) is 4.79 Å². The lowest BCUT2D eigenvalue weighted by Gasteiger charge is -2.44. The average molecular weight is 548 g/mol. The summed E-state index contributed by atoms with van der Waals surface area (Å²) in [5.41, 5.74) is -0.0746. The molecule has 2 unspecified atom stereocenters. The molecule has 4 heterocycles. The topological polar surface area (TPSA) is 117 Å². The Morgan fingerprint density at radius 1 is 1.14 bits per heavy atom. The van der Waals surface area contributed by atoms with Gasteiger partial charge < -0.3 is 18.6 Å². The van der Waals surface area contributed by atoms with Gasteiger partial charge in [0.25, 0.3) is 5.56 Å². The standard InChI is InChI=1S/C25H29N3O7S2/c1-15-5-7-19(8-6-15)37(31,32)35-21-11-22(29)28-14-20(36-23(28)26-21)16-9-17-12-27(13-18(10-16)33-17)24(30)34-25(2,3)4/h5-8,11,14,16-18H,9-10,12-13H2,1-4H3. The van der Waals surface area contributed by atoms with Crippen molar-refractivity contribution in [1.82, 2.24) is 14.3 Å². The number of hydrogen-bond donors (Lipinski definition) is 0. The van der Waals surface area contributed by atoms with Gasteiger partial charge in [-0.3, -0.25) is 9.20 Å². The quantitative estimate of drug-likeness (QED) is 0.454. The number of rotatable bonds is 4. The number of nitrogens with zero attached hydrogens (tertiary/aromatic N) is 3. The number of thiazole rings is 1. The predicted octanol–water partition coefficient (Wildman–Crippen LogP) is 3.71. The van der Waals surface area contributed by atoms with Crippen molar-refractivity contribution in [1.29, 1.82) is 0 Å². The first-order valence-corrected chi connectivity index (χ1v) is 14.3. The molecule has 2 bridgehead atoms. The molecule has 10 nitrogen and oxygen atoms in total. The third kappa shape index (κ3) is 5.65.